The molecule has 0 spiro atoms. The highest BCUT2D eigenvalue weighted by molar-refractivity contribution is 9.10. The largest absolute Gasteiger partial charge is 0.367 e. The van der Waals surface area contributed by atoms with Crippen molar-refractivity contribution in [2.75, 3.05) is 18.0 Å². The number of halogens is 3. The van der Waals surface area contributed by atoms with E-state index >= 15 is 0 Å². The Morgan fingerprint density at radius 1 is 1.33 bits per heavy atom. The van der Waals surface area contributed by atoms with Gasteiger partial charge < -0.3 is 10.6 Å². The maximum atomic E-state index is 13.5. The molecule has 1 aromatic rings. The predicted octanol–water partition coefficient (Wildman–Crippen LogP) is 2.26. The van der Waals surface area contributed by atoms with Crippen LogP contribution in [0.2, 0.25) is 0 Å². The highest BCUT2D eigenvalue weighted by Crippen LogP contribution is 2.28. The highest BCUT2D eigenvalue weighted by Gasteiger charge is 2.22. The van der Waals surface area contributed by atoms with Gasteiger partial charge in [0, 0.05) is 25.2 Å². The lowest BCUT2D eigenvalue weighted by Gasteiger charge is -2.19. The molecule has 5 heteroatoms. The van der Waals surface area contributed by atoms with Gasteiger partial charge in [-0.1, -0.05) is 0 Å². The molecule has 0 radical (unpaired) electrons. The van der Waals surface area contributed by atoms with Crippen molar-refractivity contribution in [3.8, 4) is 0 Å². The van der Waals surface area contributed by atoms with Crippen molar-refractivity contribution in [2.45, 2.75) is 12.5 Å². The van der Waals surface area contributed by atoms with E-state index < -0.39 is 11.6 Å². The van der Waals surface area contributed by atoms with E-state index in [1.54, 1.807) is 4.90 Å². The number of nitrogens with two attached hydrogens (primary N) is 1. The molecule has 82 valence electrons. The number of nitrogens with zero attached hydrogens (tertiary/aromatic N) is 1. The quantitative estimate of drug-likeness (QED) is 0.798. The van der Waals surface area contributed by atoms with Crippen LogP contribution in [0.4, 0.5) is 14.5 Å². The van der Waals surface area contributed by atoms with Gasteiger partial charge in [0.05, 0.1) is 10.2 Å². The topological polar surface area (TPSA) is 29.3 Å². The molecule has 2 nitrogen and oxygen atoms in total. The van der Waals surface area contributed by atoms with Crippen molar-refractivity contribution >= 4 is 21.6 Å². The van der Waals surface area contributed by atoms with Crippen molar-refractivity contribution < 1.29 is 8.78 Å². The first kappa shape index (κ1) is 10.8. The molecule has 2 N–H and O–H groups in total. The van der Waals surface area contributed by atoms with E-state index in [1.807, 2.05) is 0 Å². The van der Waals surface area contributed by atoms with Crippen LogP contribution >= 0.6 is 15.9 Å². The molecule has 0 aliphatic carbocycles. The van der Waals surface area contributed by atoms with Gasteiger partial charge in [0.15, 0.2) is 0 Å². The molecular weight excluding hydrogens is 266 g/mol. The lowest BCUT2D eigenvalue weighted by molar-refractivity contribution is 0.591. The Bertz CT molecular complexity index is 384. The molecule has 1 aliphatic rings. The van der Waals surface area contributed by atoms with Crippen LogP contribution in [0.3, 0.4) is 0 Å². The van der Waals surface area contributed by atoms with Gasteiger partial charge in [0.2, 0.25) is 0 Å². The van der Waals surface area contributed by atoms with Crippen molar-refractivity contribution in [1.29, 1.82) is 0 Å². The molecule has 1 aromatic carbocycles. The fraction of sp³-hybridized carbons (Fsp3) is 0.400. The van der Waals surface area contributed by atoms with E-state index in [9.17, 15) is 8.78 Å². The smallest absolute Gasteiger partial charge is 0.147 e. The van der Waals surface area contributed by atoms with Gasteiger partial charge in [0.1, 0.15) is 11.6 Å². The Balaban J connectivity index is 2.32. The summed E-state index contributed by atoms with van der Waals surface area (Å²) in [5, 5.41) is 0. The van der Waals surface area contributed by atoms with Crippen LogP contribution in [0, 0.1) is 11.6 Å². The summed E-state index contributed by atoms with van der Waals surface area (Å²) < 4.78 is 26.9. The van der Waals surface area contributed by atoms with Crippen LogP contribution < -0.4 is 10.6 Å². The molecule has 2 rings (SSSR count). The summed E-state index contributed by atoms with van der Waals surface area (Å²) in [7, 11) is 0. The van der Waals surface area contributed by atoms with Crippen molar-refractivity contribution in [1.82, 2.24) is 0 Å². The second-order valence-electron chi connectivity index (χ2n) is 3.71. The molecule has 0 bridgehead atoms. The van der Waals surface area contributed by atoms with Crippen molar-refractivity contribution in [3.63, 3.8) is 0 Å². The zero-order valence-corrected chi connectivity index (χ0v) is 9.60. The average molecular weight is 277 g/mol. The van der Waals surface area contributed by atoms with Crippen LogP contribution in [0.25, 0.3) is 0 Å². The van der Waals surface area contributed by atoms with E-state index in [1.165, 1.54) is 6.07 Å². The SMILES string of the molecule is NC1CCN(c2cc(F)c(Br)cc2F)C1. The fourth-order valence-electron chi connectivity index (χ4n) is 1.76. The van der Waals surface area contributed by atoms with Gasteiger partial charge in [-0.3, -0.25) is 0 Å². The molecule has 0 amide bonds. The summed E-state index contributed by atoms with van der Waals surface area (Å²) >= 11 is 2.94. The summed E-state index contributed by atoms with van der Waals surface area (Å²) in [4.78, 5) is 1.77. The molecule has 1 unspecified atom stereocenters. The molecule has 0 saturated carbocycles. The van der Waals surface area contributed by atoms with Gasteiger partial charge >= 0.3 is 0 Å². The fourth-order valence-corrected chi connectivity index (χ4v) is 2.08. The van der Waals surface area contributed by atoms with E-state index in [0.29, 0.717) is 18.8 Å². The zero-order chi connectivity index (χ0) is 11.0. The lowest BCUT2D eigenvalue weighted by Crippen LogP contribution is -2.26. The molecule has 1 atom stereocenters. The monoisotopic (exact) mass is 276 g/mol. The van der Waals surface area contributed by atoms with E-state index in [0.717, 1.165) is 12.5 Å². The first-order chi connectivity index (χ1) is 7.08. The lowest BCUT2D eigenvalue weighted by atomic mass is 10.2. The number of hydrogen-bond donors (Lipinski definition) is 1. The molecule has 1 heterocycles. The summed E-state index contributed by atoms with van der Waals surface area (Å²) in [6.07, 6.45) is 0.817. The van der Waals surface area contributed by atoms with Crippen LogP contribution in [0.1, 0.15) is 6.42 Å². The van der Waals surface area contributed by atoms with Crippen LogP contribution in [0.5, 0.6) is 0 Å². The van der Waals surface area contributed by atoms with Gasteiger partial charge in [-0.15, -0.1) is 0 Å². The number of anilines is 1. The molecule has 1 saturated heterocycles. The van der Waals surface area contributed by atoms with Crippen LogP contribution in [-0.4, -0.2) is 19.1 Å². The zero-order valence-electron chi connectivity index (χ0n) is 8.01. The molecule has 1 fully saturated rings. The van der Waals surface area contributed by atoms with Gasteiger partial charge in [-0.25, -0.2) is 8.78 Å². The van der Waals surface area contributed by atoms with E-state index in [4.69, 9.17) is 5.73 Å². The highest BCUT2D eigenvalue weighted by atomic mass is 79.9. The maximum absolute atomic E-state index is 13.5. The predicted molar refractivity (Wildman–Crippen MR) is 58.9 cm³/mol. The Hall–Kier alpha value is -0.680. The number of hydrogen-bond acceptors (Lipinski definition) is 2. The Kier molecular flexibility index (Phi) is 2.93. The molecule has 1 aliphatic heterocycles. The molecular formula is C10H11BrF2N2. The first-order valence-corrected chi connectivity index (χ1v) is 5.52. The maximum Gasteiger partial charge on any atom is 0.147 e. The summed E-state index contributed by atoms with van der Waals surface area (Å²) in [6, 6.07) is 2.41. The minimum absolute atomic E-state index is 0.0520. The van der Waals surface area contributed by atoms with Gasteiger partial charge in [0.25, 0.3) is 0 Å². The van der Waals surface area contributed by atoms with Crippen LogP contribution in [0.15, 0.2) is 16.6 Å². The third-order valence-corrected chi connectivity index (χ3v) is 3.16. The average Bonchev–Trinajstić information content (AvgIpc) is 2.58. The third kappa shape index (κ3) is 2.13. The number of benzene rings is 1. The summed E-state index contributed by atoms with van der Waals surface area (Å²) in [5.74, 6) is -0.871. The summed E-state index contributed by atoms with van der Waals surface area (Å²) in [6.45, 7) is 1.26. The minimum Gasteiger partial charge on any atom is -0.367 e. The van der Waals surface area contributed by atoms with Crippen molar-refractivity contribution in [2.24, 2.45) is 5.73 Å². The van der Waals surface area contributed by atoms with E-state index in [2.05, 4.69) is 15.9 Å². The number of rotatable bonds is 1. The van der Waals surface area contributed by atoms with E-state index in [-0.39, 0.29) is 10.5 Å². The summed E-state index contributed by atoms with van der Waals surface area (Å²) in [5.41, 5.74) is 6.01. The molecule has 15 heavy (non-hydrogen) atoms. The first-order valence-electron chi connectivity index (χ1n) is 4.73. The second-order valence-corrected chi connectivity index (χ2v) is 4.57. The third-order valence-electron chi connectivity index (χ3n) is 2.56. The standard InChI is InChI=1S/C10H11BrF2N2/c11-7-3-9(13)10(4-8(7)12)15-2-1-6(14)5-15/h3-4,6H,1-2,5,14H2. The minimum atomic E-state index is -0.452. The van der Waals surface area contributed by atoms with Crippen molar-refractivity contribution in [3.05, 3.63) is 28.2 Å². The van der Waals surface area contributed by atoms with Crippen LogP contribution in [-0.2, 0) is 0 Å². The normalized spacial score (nSPS) is 21.1. The van der Waals surface area contributed by atoms with Gasteiger partial charge in [-0.05, 0) is 28.4 Å². The molecule has 0 aromatic heterocycles. The Labute approximate surface area is 95.2 Å². The Morgan fingerprint density at radius 3 is 2.67 bits per heavy atom. The Morgan fingerprint density at radius 2 is 2.07 bits per heavy atom. The second kappa shape index (κ2) is 4.06. The van der Waals surface area contributed by atoms with Gasteiger partial charge in [-0.2, -0.15) is 0 Å².